The number of piperidine rings is 1. The van der Waals surface area contributed by atoms with Crippen molar-refractivity contribution >= 4 is 36.5 Å². The topological polar surface area (TPSA) is 112 Å². The predicted molar refractivity (Wildman–Crippen MR) is 156 cm³/mol. The number of esters is 1. The van der Waals surface area contributed by atoms with Gasteiger partial charge in [0, 0.05) is 45.9 Å². The monoisotopic (exact) mass is 586 g/mol. The fourth-order valence-electron chi connectivity index (χ4n) is 5.34. The molecule has 0 saturated carbocycles. The molecule has 0 aromatic heterocycles. The normalized spacial score (nSPS) is 19.1. The fraction of sp³-hybridized carbons (Fsp3) is 0.741. The van der Waals surface area contributed by atoms with Crippen molar-refractivity contribution in [2.24, 2.45) is 5.73 Å². The summed E-state index contributed by atoms with van der Waals surface area (Å²) < 4.78 is 10.5. The van der Waals surface area contributed by atoms with Crippen molar-refractivity contribution in [3.63, 3.8) is 0 Å². The van der Waals surface area contributed by atoms with Gasteiger partial charge >= 0.3 is 13.3 Å². The molecule has 0 spiro atoms. The molecule has 2 heterocycles. The molecule has 1 aromatic rings. The molecule has 9 nitrogen and oxygen atoms in total. The highest BCUT2D eigenvalue weighted by atomic mass is 35.5. The Morgan fingerprint density at radius 3 is 2.23 bits per heavy atom. The van der Waals surface area contributed by atoms with Crippen molar-refractivity contribution in [2.75, 3.05) is 65.6 Å². The van der Waals surface area contributed by atoms with Gasteiger partial charge in [-0.25, -0.2) is 0 Å². The van der Waals surface area contributed by atoms with E-state index in [0.29, 0.717) is 42.3 Å². The Morgan fingerprint density at radius 2 is 1.54 bits per heavy atom. The number of benzene rings is 1. The second-order valence-electron chi connectivity index (χ2n) is 10.8. The van der Waals surface area contributed by atoms with Crippen molar-refractivity contribution in [2.45, 2.75) is 63.5 Å². The van der Waals surface area contributed by atoms with Crippen LogP contribution in [0.5, 0.6) is 0 Å². The number of likely N-dealkylation sites (tertiary alicyclic amines) is 1. The molecule has 0 aliphatic carbocycles. The first kappa shape index (κ1) is 32.6. The molecule has 0 radical (unpaired) electrons. The van der Waals surface area contributed by atoms with Gasteiger partial charge in [-0.05, 0) is 82.3 Å². The molecular weight excluding hydrogens is 542 g/mol. The number of hydrogen-bond donors (Lipinski definition) is 3. The summed E-state index contributed by atoms with van der Waals surface area (Å²) in [6, 6.07) is 5.79. The van der Waals surface area contributed by atoms with Crippen LogP contribution in [0.1, 0.15) is 56.9 Å². The molecule has 2 aliphatic rings. The Hall–Kier alpha value is -0.945. The highest BCUT2D eigenvalue weighted by molar-refractivity contribution is 6.42. The minimum atomic E-state index is -1.78. The van der Waals surface area contributed by atoms with Gasteiger partial charge in [0.15, 0.2) is 0 Å². The van der Waals surface area contributed by atoms with Crippen LogP contribution in [0.4, 0.5) is 0 Å². The lowest BCUT2D eigenvalue weighted by Crippen LogP contribution is -2.51. The van der Waals surface area contributed by atoms with Crippen LogP contribution in [-0.4, -0.2) is 109 Å². The summed E-state index contributed by atoms with van der Waals surface area (Å²) in [6.45, 7) is 8.98. The van der Waals surface area contributed by atoms with E-state index in [-0.39, 0.29) is 12.6 Å². The van der Waals surface area contributed by atoms with Gasteiger partial charge < -0.3 is 30.1 Å². The summed E-state index contributed by atoms with van der Waals surface area (Å²) in [5.74, 6) is -0.339. The molecule has 1 atom stereocenters. The van der Waals surface area contributed by atoms with E-state index < -0.39 is 12.9 Å². The van der Waals surface area contributed by atoms with Gasteiger partial charge in [-0.3, -0.25) is 14.6 Å². The molecule has 2 aliphatic heterocycles. The predicted octanol–water partition coefficient (Wildman–Crippen LogP) is 2.77. The average molecular weight is 587 g/mol. The molecule has 1 unspecified atom stereocenters. The molecule has 12 heteroatoms. The summed E-state index contributed by atoms with van der Waals surface area (Å²) in [5.41, 5.74) is 6.77. The van der Waals surface area contributed by atoms with Gasteiger partial charge in [0.1, 0.15) is 12.1 Å². The molecule has 1 aromatic carbocycles. The van der Waals surface area contributed by atoms with Crippen molar-refractivity contribution < 1.29 is 24.2 Å². The number of carbonyl (C=O) groups excluding carboxylic acids is 1. The maximum atomic E-state index is 13.1. The number of ether oxygens (including phenoxy) is 1. The maximum absolute atomic E-state index is 13.1. The van der Waals surface area contributed by atoms with E-state index in [9.17, 15) is 4.79 Å². The Labute approximate surface area is 243 Å². The molecular formula is C27H45BCl2N4O5. The molecule has 0 bridgehead atoms. The van der Waals surface area contributed by atoms with Gasteiger partial charge in [0.25, 0.3) is 0 Å². The van der Waals surface area contributed by atoms with Crippen LogP contribution in [0.25, 0.3) is 0 Å². The smallest absolute Gasteiger partial charge is 0.463 e. The number of nitrogens with zero attached hydrogens (tertiary/aromatic N) is 3. The lowest BCUT2D eigenvalue weighted by molar-refractivity contribution is -0.151. The van der Waals surface area contributed by atoms with Crippen LogP contribution in [0.3, 0.4) is 0 Å². The number of rotatable bonds is 16. The average Bonchev–Trinajstić information content (AvgIpc) is 2.92. The highest BCUT2D eigenvalue weighted by Gasteiger charge is 2.35. The molecule has 0 amide bonds. The third-order valence-electron chi connectivity index (χ3n) is 7.73. The first-order chi connectivity index (χ1) is 18.7. The first-order valence-corrected chi connectivity index (χ1v) is 15.1. The minimum Gasteiger partial charge on any atom is -0.463 e. The quantitative estimate of drug-likeness (QED) is 0.153. The van der Waals surface area contributed by atoms with Gasteiger partial charge in [-0.15, -0.1) is 0 Å². The molecule has 2 saturated heterocycles. The van der Waals surface area contributed by atoms with E-state index in [1.54, 1.807) is 0 Å². The lowest BCUT2D eigenvalue weighted by atomic mass is 9.88. The van der Waals surface area contributed by atoms with Gasteiger partial charge in [-0.2, -0.15) is 0 Å². The lowest BCUT2D eigenvalue weighted by Gasteiger charge is -2.35. The van der Waals surface area contributed by atoms with E-state index >= 15 is 0 Å². The second kappa shape index (κ2) is 17.1. The zero-order chi connectivity index (χ0) is 28.1. The molecule has 220 valence electrons. The summed E-state index contributed by atoms with van der Waals surface area (Å²) in [4.78, 5) is 20.3. The molecule has 2 fully saturated rings. The van der Waals surface area contributed by atoms with E-state index in [1.807, 2.05) is 18.2 Å². The van der Waals surface area contributed by atoms with E-state index in [1.165, 1.54) is 19.3 Å². The maximum Gasteiger partial charge on any atom is 0.633 e. The van der Waals surface area contributed by atoms with Crippen molar-refractivity contribution in [1.29, 1.82) is 0 Å². The van der Waals surface area contributed by atoms with Crippen LogP contribution in [0, 0.1) is 0 Å². The van der Waals surface area contributed by atoms with Crippen LogP contribution in [-0.2, 0) is 20.7 Å². The van der Waals surface area contributed by atoms with Gasteiger partial charge in [0.2, 0.25) is 0 Å². The SMILES string of the molecule is NC(CCCCOB(O)O)(CCCN1CCN(Cc2ccc(Cl)c(Cl)c2)CC1)C(=O)OCCN1CCCCC1. The minimum absolute atomic E-state index is 0.199. The number of nitrogens with two attached hydrogens (primary N) is 1. The standard InChI is InChI=1S/C27H45BCl2N4O5/c29-24-8-7-23(21-25(24)30)22-34-16-14-33(15-17-34)13-6-10-27(31,9-2-5-19-39-28(36)37)26(35)38-20-18-32-11-3-1-4-12-32/h7-8,21,36-37H,1-6,9-20,22,31H2. The Bertz CT molecular complexity index is 873. The van der Waals surface area contributed by atoms with Crippen LogP contribution < -0.4 is 5.73 Å². The van der Waals surface area contributed by atoms with Crippen LogP contribution >= 0.6 is 23.2 Å². The Balaban J connectivity index is 1.41. The van der Waals surface area contributed by atoms with Gasteiger partial charge in [-0.1, -0.05) is 35.7 Å². The van der Waals surface area contributed by atoms with Gasteiger partial charge in [0.05, 0.1) is 10.0 Å². The highest BCUT2D eigenvalue weighted by Crippen LogP contribution is 2.24. The number of halogens is 2. The van der Waals surface area contributed by atoms with Crippen LogP contribution in [0.2, 0.25) is 10.0 Å². The summed E-state index contributed by atoms with van der Waals surface area (Å²) in [7, 11) is -1.78. The van der Waals surface area contributed by atoms with E-state index in [4.69, 9.17) is 48.4 Å². The Kier molecular flexibility index (Phi) is 14.3. The van der Waals surface area contributed by atoms with Crippen molar-refractivity contribution in [3.8, 4) is 0 Å². The first-order valence-electron chi connectivity index (χ1n) is 14.3. The number of hydrogen-bond acceptors (Lipinski definition) is 9. The molecule has 3 rings (SSSR count). The summed E-state index contributed by atoms with van der Waals surface area (Å²) in [5, 5.41) is 18.9. The molecule has 39 heavy (non-hydrogen) atoms. The van der Waals surface area contributed by atoms with E-state index in [0.717, 1.165) is 70.9 Å². The zero-order valence-corrected chi connectivity index (χ0v) is 24.6. The second-order valence-corrected chi connectivity index (χ2v) is 11.6. The van der Waals surface area contributed by atoms with Crippen molar-refractivity contribution in [1.82, 2.24) is 14.7 Å². The molecule has 4 N–H and O–H groups in total. The van der Waals surface area contributed by atoms with E-state index in [2.05, 4.69) is 14.7 Å². The number of carbonyl (C=O) groups is 1. The third-order valence-corrected chi connectivity index (χ3v) is 8.47. The van der Waals surface area contributed by atoms with Crippen molar-refractivity contribution in [3.05, 3.63) is 33.8 Å². The zero-order valence-electron chi connectivity index (χ0n) is 23.0. The number of piperazine rings is 1. The largest absolute Gasteiger partial charge is 0.633 e. The Morgan fingerprint density at radius 1 is 0.872 bits per heavy atom. The fourth-order valence-corrected chi connectivity index (χ4v) is 5.66. The van der Waals surface area contributed by atoms with Crippen LogP contribution in [0.15, 0.2) is 18.2 Å². The summed E-state index contributed by atoms with van der Waals surface area (Å²) in [6.07, 6.45) is 6.70. The third kappa shape index (κ3) is 11.8. The number of unbranched alkanes of at least 4 members (excludes halogenated alkanes) is 1. The summed E-state index contributed by atoms with van der Waals surface area (Å²) >= 11 is 12.2.